The van der Waals surface area contributed by atoms with Crippen molar-refractivity contribution in [2.75, 3.05) is 7.05 Å². The van der Waals surface area contributed by atoms with Crippen molar-refractivity contribution in [3.8, 4) is 0 Å². The van der Waals surface area contributed by atoms with Crippen molar-refractivity contribution in [2.24, 2.45) is 0 Å². The highest BCUT2D eigenvalue weighted by Crippen LogP contribution is 2.20. The summed E-state index contributed by atoms with van der Waals surface area (Å²) in [5.41, 5.74) is 1.29. The molecule has 0 saturated heterocycles. The lowest BCUT2D eigenvalue weighted by molar-refractivity contribution is 0.263. The van der Waals surface area contributed by atoms with Crippen LogP contribution in [-0.4, -0.2) is 16.5 Å². The molecule has 1 aliphatic heterocycles. The first kappa shape index (κ1) is 6.53. The van der Waals surface area contributed by atoms with Gasteiger partial charge in [-0.25, -0.2) is 0 Å². The highest BCUT2D eigenvalue weighted by molar-refractivity contribution is 5.46. The summed E-state index contributed by atoms with van der Waals surface area (Å²) >= 11 is 0. The third-order valence-corrected chi connectivity index (χ3v) is 2.28. The summed E-state index contributed by atoms with van der Waals surface area (Å²) in [6.45, 7) is 2.19. The van der Waals surface area contributed by atoms with Crippen LogP contribution in [0, 0.1) is 0 Å². The zero-order chi connectivity index (χ0) is 7.84. The van der Waals surface area contributed by atoms with Crippen LogP contribution < -0.4 is 0 Å². The average molecular weight is 148 g/mol. The fraction of sp³-hybridized carbons (Fsp3) is 0.333. The minimum absolute atomic E-state index is 0.449. The molecule has 2 nitrogen and oxygen atoms in total. The molecule has 0 aliphatic carbocycles. The maximum atomic E-state index is 2.25. The number of hydrogen-bond donors (Lipinski definition) is 0. The molecule has 58 valence electrons. The SMILES string of the molecule is C[C@H]1N(C)C=Cc2cccn21. The molecule has 0 saturated carbocycles. The van der Waals surface area contributed by atoms with Crippen LogP contribution in [0.5, 0.6) is 0 Å². The lowest BCUT2D eigenvalue weighted by Crippen LogP contribution is -2.24. The Morgan fingerprint density at radius 3 is 3.09 bits per heavy atom. The summed E-state index contributed by atoms with van der Waals surface area (Å²) in [5, 5.41) is 0. The summed E-state index contributed by atoms with van der Waals surface area (Å²) in [5.74, 6) is 0. The minimum atomic E-state index is 0.449. The maximum absolute atomic E-state index is 2.25. The molecule has 0 amide bonds. The van der Waals surface area contributed by atoms with Gasteiger partial charge >= 0.3 is 0 Å². The third kappa shape index (κ3) is 0.862. The molecule has 1 aromatic rings. The largest absolute Gasteiger partial charge is 0.360 e. The summed E-state index contributed by atoms with van der Waals surface area (Å²) in [7, 11) is 2.09. The van der Waals surface area contributed by atoms with Gasteiger partial charge in [0.1, 0.15) is 6.17 Å². The minimum Gasteiger partial charge on any atom is -0.360 e. The van der Waals surface area contributed by atoms with Crippen LogP contribution in [0.2, 0.25) is 0 Å². The van der Waals surface area contributed by atoms with Gasteiger partial charge in [-0.2, -0.15) is 0 Å². The normalized spacial score (nSPS) is 22.0. The molecule has 0 aromatic carbocycles. The van der Waals surface area contributed by atoms with E-state index in [9.17, 15) is 0 Å². The van der Waals surface area contributed by atoms with E-state index in [1.165, 1.54) is 5.69 Å². The van der Waals surface area contributed by atoms with Gasteiger partial charge in [-0.05, 0) is 25.1 Å². The molecule has 0 radical (unpaired) electrons. The zero-order valence-electron chi connectivity index (χ0n) is 6.86. The highest BCUT2D eigenvalue weighted by atomic mass is 15.3. The van der Waals surface area contributed by atoms with E-state index in [0.29, 0.717) is 6.17 Å². The average Bonchev–Trinajstić information content (AvgIpc) is 2.45. The van der Waals surface area contributed by atoms with Crippen LogP contribution in [-0.2, 0) is 0 Å². The van der Waals surface area contributed by atoms with Crippen molar-refractivity contribution in [2.45, 2.75) is 13.1 Å². The Bertz CT molecular complexity index is 286. The molecule has 2 heteroatoms. The molecule has 0 spiro atoms. The molecule has 1 atom stereocenters. The van der Waals surface area contributed by atoms with Crippen molar-refractivity contribution in [3.63, 3.8) is 0 Å². The third-order valence-electron chi connectivity index (χ3n) is 2.28. The van der Waals surface area contributed by atoms with Gasteiger partial charge in [0.2, 0.25) is 0 Å². The van der Waals surface area contributed by atoms with Crippen LogP contribution >= 0.6 is 0 Å². The monoisotopic (exact) mass is 148 g/mol. The smallest absolute Gasteiger partial charge is 0.102 e. The summed E-state index contributed by atoms with van der Waals surface area (Å²) in [6, 6.07) is 4.20. The first-order valence-corrected chi connectivity index (χ1v) is 3.86. The Balaban J connectivity index is 2.48. The first-order valence-electron chi connectivity index (χ1n) is 3.86. The molecular formula is C9H12N2. The summed E-state index contributed by atoms with van der Waals surface area (Å²) in [4.78, 5) is 2.19. The molecule has 0 fully saturated rings. The van der Waals surface area contributed by atoms with E-state index in [-0.39, 0.29) is 0 Å². The van der Waals surface area contributed by atoms with Gasteiger partial charge in [-0.1, -0.05) is 0 Å². The number of rotatable bonds is 0. The molecule has 0 bridgehead atoms. The van der Waals surface area contributed by atoms with Crippen LogP contribution in [0.1, 0.15) is 18.8 Å². The molecule has 1 aromatic heterocycles. The quantitative estimate of drug-likeness (QED) is 0.545. The Morgan fingerprint density at radius 2 is 2.27 bits per heavy atom. The van der Waals surface area contributed by atoms with Crippen LogP contribution in [0.4, 0.5) is 0 Å². The van der Waals surface area contributed by atoms with Crippen molar-refractivity contribution < 1.29 is 0 Å². The fourth-order valence-corrected chi connectivity index (χ4v) is 1.40. The Morgan fingerprint density at radius 1 is 1.45 bits per heavy atom. The van der Waals surface area contributed by atoms with Gasteiger partial charge in [-0.15, -0.1) is 0 Å². The Kier molecular flexibility index (Phi) is 1.28. The van der Waals surface area contributed by atoms with E-state index in [2.05, 4.69) is 54.0 Å². The summed E-state index contributed by atoms with van der Waals surface area (Å²) in [6.07, 6.45) is 6.80. The lowest BCUT2D eigenvalue weighted by atomic mass is 10.3. The first-order chi connectivity index (χ1) is 5.29. The van der Waals surface area contributed by atoms with E-state index < -0.39 is 0 Å². The molecular weight excluding hydrogens is 136 g/mol. The topological polar surface area (TPSA) is 8.17 Å². The predicted octanol–water partition coefficient (Wildman–Crippen LogP) is 1.92. The van der Waals surface area contributed by atoms with E-state index >= 15 is 0 Å². The zero-order valence-corrected chi connectivity index (χ0v) is 6.86. The van der Waals surface area contributed by atoms with Gasteiger partial charge < -0.3 is 9.47 Å². The molecule has 11 heavy (non-hydrogen) atoms. The second-order valence-electron chi connectivity index (χ2n) is 2.95. The molecule has 0 N–H and O–H groups in total. The number of fused-ring (bicyclic) bond motifs is 1. The van der Waals surface area contributed by atoms with Crippen molar-refractivity contribution in [1.29, 1.82) is 0 Å². The standard InChI is InChI=1S/C9H12N2/c1-8-10(2)7-5-9-4-3-6-11(8)9/h3-8H,1-2H3/t8-/m0/s1. The van der Waals surface area contributed by atoms with E-state index in [4.69, 9.17) is 0 Å². The van der Waals surface area contributed by atoms with Crippen molar-refractivity contribution >= 4 is 6.08 Å². The second-order valence-corrected chi connectivity index (χ2v) is 2.95. The highest BCUT2D eigenvalue weighted by Gasteiger charge is 2.12. The number of aromatic nitrogens is 1. The lowest BCUT2D eigenvalue weighted by Gasteiger charge is -2.29. The Hall–Kier alpha value is -1.18. The fourth-order valence-electron chi connectivity index (χ4n) is 1.40. The predicted molar refractivity (Wildman–Crippen MR) is 45.9 cm³/mol. The Labute approximate surface area is 66.7 Å². The van der Waals surface area contributed by atoms with E-state index in [1.54, 1.807) is 0 Å². The van der Waals surface area contributed by atoms with Gasteiger partial charge in [0.25, 0.3) is 0 Å². The van der Waals surface area contributed by atoms with Gasteiger partial charge in [0, 0.05) is 25.1 Å². The molecule has 2 heterocycles. The van der Waals surface area contributed by atoms with Crippen molar-refractivity contribution in [1.82, 2.24) is 9.47 Å². The molecule has 2 rings (SSSR count). The van der Waals surface area contributed by atoms with Crippen LogP contribution in [0.15, 0.2) is 24.5 Å². The van der Waals surface area contributed by atoms with Gasteiger partial charge in [0.15, 0.2) is 0 Å². The number of nitrogens with zero attached hydrogens (tertiary/aromatic N) is 2. The molecule has 1 aliphatic rings. The van der Waals surface area contributed by atoms with E-state index in [1.807, 2.05) is 0 Å². The van der Waals surface area contributed by atoms with Crippen LogP contribution in [0.25, 0.3) is 6.08 Å². The second kappa shape index (κ2) is 2.16. The maximum Gasteiger partial charge on any atom is 0.102 e. The van der Waals surface area contributed by atoms with Gasteiger partial charge in [-0.3, -0.25) is 0 Å². The van der Waals surface area contributed by atoms with E-state index in [0.717, 1.165) is 0 Å². The van der Waals surface area contributed by atoms with Gasteiger partial charge in [0.05, 0.1) is 0 Å². The molecule has 0 unspecified atom stereocenters. The summed E-state index contributed by atoms with van der Waals surface area (Å²) < 4.78 is 2.25. The number of hydrogen-bond acceptors (Lipinski definition) is 1. The van der Waals surface area contributed by atoms with Crippen molar-refractivity contribution in [3.05, 3.63) is 30.2 Å². The van der Waals surface area contributed by atoms with Crippen LogP contribution in [0.3, 0.4) is 0 Å².